The molecular weight excluding hydrogens is 336 g/mol. The van der Waals surface area contributed by atoms with Crippen molar-refractivity contribution in [1.29, 1.82) is 0 Å². The molecule has 0 amide bonds. The third-order valence-electron chi connectivity index (χ3n) is 4.52. The summed E-state index contributed by atoms with van der Waals surface area (Å²) in [5.41, 5.74) is 0.590. The number of anilines is 1. The zero-order chi connectivity index (χ0) is 18.5. The lowest BCUT2D eigenvalue weighted by molar-refractivity contribution is -0.143. The lowest BCUT2D eigenvalue weighted by Crippen LogP contribution is -2.49. The fourth-order valence-corrected chi connectivity index (χ4v) is 3.20. The lowest BCUT2D eigenvalue weighted by atomic mass is 10.0. The summed E-state index contributed by atoms with van der Waals surface area (Å²) < 4.78 is 10.6. The van der Waals surface area contributed by atoms with Crippen LogP contribution >= 0.6 is 0 Å². The molecule has 3 rings (SSSR count). The van der Waals surface area contributed by atoms with Crippen LogP contribution in [-0.2, 0) is 4.79 Å². The molecule has 0 bridgehead atoms. The predicted octanol–water partition coefficient (Wildman–Crippen LogP) is 1.44. The molecule has 0 saturated carbocycles. The Morgan fingerprint density at radius 3 is 2.50 bits per heavy atom. The van der Waals surface area contributed by atoms with E-state index in [1.807, 2.05) is 4.90 Å². The zero-order valence-electron chi connectivity index (χ0n) is 14.8. The van der Waals surface area contributed by atoms with Crippen molar-refractivity contribution >= 4 is 11.8 Å². The third kappa shape index (κ3) is 3.70. The van der Waals surface area contributed by atoms with Gasteiger partial charge in [-0.25, -0.2) is 4.98 Å². The van der Waals surface area contributed by atoms with E-state index >= 15 is 0 Å². The van der Waals surface area contributed by atoms with Gasteiger partial charge in [-0.1, -0.05) is 0 Å². The van der Waals surface area contributed by atoms with Crippen molar-refractivity contribution in [2.24, 2.45) is 0 Å². The fourth-order valence-electron chi connectivity index (χ4n) is 3.20. The van der Waals surface area contributed by atoms with Crippen molar-refractivity contribution in [3.63, 3.8) is 0 Å². The maximum absolute atomic E-state index is 12.0. The maximum Gasteiger partial charge on any atom is 0.325 e. The second-order valence-corrected chi connectivity index (χ2v) is 5.94. The van der Waals surface area contributed by atoms with Gasteiger partial charge in [0, 0.05) is 44.1 Å². The summed E-state index contributed by atoms with van der Waals surface area (Å²) in [7, 11) is 3.09. The Kier molecular flexibility index (Phi) is 5.52. The van der Waals surface area contributed by atoms with E-state index in [1.54, 1.807) is 43.9 Å². The number of benzene rings is 1. The molecule has 1 unspecified atom stereocenters. The molecule has 138 valence electrons. The number of rotatable bonds is 6. The molecule has 0 spiro atoms. The predicted molar refractivity (Wildman–Crippen MR) is 95.7 cm³/mol. The van der Waals surface area contributed by atoms with E-state index in [9.17, 15) is 9.90 Å². The van der Waals surface area contributed by atoms with Crippen molar-refractivity contribution in [3.05, 3.63) is 42.4 Å². The standard InChI is InChI=1S/C18H22N4O4/c1-25-13-3-4-15(26-2)14(11-13)17(18(23)24)22-9-7-21(8-10-22)16-12-19-5-6-20-16/h3-6,11-12,17H,7-10H2,1-2H3,(H,23,24). The maximum atomic E-state index is 12.0. The molecule has 1 aliphatic heterocycles. The number of hydrogen-bond donors (Lipinski definition) is 1. The van der Waals surface area contributed by atoms with Crippen LogP contribution in [0.2, 0.25) is 0 Å². The number of methoxy groups -OCH3 is 2. The largest absolute Gasteiger partial charge is 0.497 e. The summed E-state index contributed by atoms with van der Waals surface area (Å²) in [4.78, 5) is 24.5. The summed E-state index contributed by atoms with van der Waals surface area (Å²) in [5.74, 6) is 1.03. The summed E-state index contributed by atoms with van der Waals surface area (Å²) >= 11 is 0. The van der Waals surface area contributed by atoms with Gasteiger partial charge in [-0.2, -0.15) is 0 Å². The number of aromatic nitrogens is 2. The lowest BCUT2D eigenvalue weighted by Gasteiger charge is -2.38. The molecule has 1 N–H and O–H groups in total. The molecule has 1 aromatic carbocycles. The van der Waals surface area contributed by atoms with Crippen molar-refractivity contribution < 1.29 is 19.4 Å². The Balaban J connectivity index is 1.81. The number of aliphatic carboxylic acids is 1. The molecule has 8 heteroatoms. The second kappa shape index (κ2) is 8.01. The summed E-state index contributed by atoms with van der Waals surface area (Å²) in [6.07, 6.45) is 5.01. The number of hydrogen-bond acceptors (Lipinski definition) is 7. The van der Waals surface area contributed by atoms with Gasteiger partial charge in [-0.05, 0) is 18.2 Å². The van der Waals surface area contributed by atoms with Crippen molar-refractivity contribution in [3.8, 4) is 11.5 Å². The average molecular weight is 358 g/mol. The molecule has 2 heterocycles. The van der Waals surface area contributed by atoms with Gasteiger partial charge < -0.3 is 19.5 Å². The quantitative estimate of drug-likeness (QED) is 0.830. The van der Waals surface area contributed by atoms with Crippen LogP contribution in [0.25, 0.3) is 0 Å². The third-order valence-corrected chi connectivity index (χ3v) is 4.52. The Labute approximate surface area is 152 Å². The summed E-state index contributed by atoms with van der Waals surface area (Å²) in [5, 5.41) is 9.87. The van der Waals surface area contributed by atoms with Gasteiger partial charge in [-0.15, -0.1) is 0 Å². The van der Waals surface area contributed by atoms with Crippen LogP contribution in [0.5, 0.6) is 11.5 Å². The first-order valence-corrected chi connectivity index (χ1v) is 8.33. The molecular formula is C18H22N4O4. The normalized spacial score (nSPS) is 16.2. The van der Waals surface area contributed by atoms with Gasteiger partial charge in [0.25, 0.3) is 0 Å². The molecule has 26 heavy (non-hydrogen) atoms. The first-order chi connectivity index (χ1) is 12.6. The Morgan fingerprint density at radius 1 is 1.15 bits per heavy atom. The molecule has 1 saturated heterocycles. The highest BCUT2D eigenvalue weighted by molar-refractivity contribution is 5.77. The van der Waals surface area contributed by atoms with Crippen LogP contribution in [-0.4, -0.2) is 66.3 Å². The molecule has 2 aromatic rings. The topological polar surface area (TPSA) is 88.0 Å². The number of ether oxygens (including phenoxy) is 2. The minimum Gasteiger partial charge on any atom is -0.497 e. The number of nitrogens with zero attached hydrogens (tertiary/aromatic N) is 4. The van der Waals surface area contributed by atoms with Crippen LogP contribution in [0.4, 0.5) is 5.82 Å². The number of piperazine rings is 1. The molecule has 0 radical (unpaired) electrons. The van der Waals surface area contributed by atoms with E-state index in [0.29, 0.717) is 43.2 Å². The highest BCUT2D eigenvalue weighted by atomic mass is 16.5. The number of carboxylic acid groups (broad SMARTS) is 1. The molecule has 1 fully saturated rings. The Bertz CT molecular complexity index is 748. The Hall–Kier alpha value is -2.87. The van der Waals surface area contributed by atoms with Crippen molar-refractivity contribution in [1.82, 2.24) is 14.9 Å². The Morgan fingerprint density at radius 2 is 1.92 bits per heavy atom. The molecule has 1 aliphatic rings. The van der Waals surface area contributed by atoms with Crippen LogP contribution < -0.4 is 14.4 Å². The van der Waals surface area contributed by atoms with Gasteiger partial charge >= 0.3 is 5.97 Å². The summed E-state index contributed by atoms with van der Waals surface area (Å²) in [6, 6.07) is 4.42. The van der Waals surface area contributed by atoms with E-state index in [4.69, 9.17) is 9.47 Å². The SMILES string of the molecule is COc1ccc(OC)c(C(C(=O)O)N2CCN(c3cnccn3)CC2)c1. The highest BCUT2D eigenvalue weighted by Gasteiger charge is 2.33. The zero-order valence-corrected chi connectivity index (χ0v) is 14.8. The van der Waals surface area contributed by atoms with Crippen LogP contribution in [0.1, 0.15) is 11.6 Å². The molecule has 1 aromatic heterocycles. The van der Waals surface area contributed by atoms with Gasteiger partial charge in [0.2, 0.25) is 0 Å². The summed E-state index contributed by atoms with van der Waals surface area (Å²) in [6.45, 7) is 2.53. The highest BCUT2D eigenvalue weighted by Crippen LogP contribution is 2.33. The van der Waals surface area contributed by atoms with E-state index in [0.717, 1.165) is 5.82 Å². The number of carboxylic acids is 1. The molecule has 8 nitrogen and oxygen atoms in total. The van der Waals surface area contributed by atoms with E-state index < -0.39 is 12.0 Å². The van der Waals surface area contributed by atoms with Crippen molar-refractivity contribution in [2.75, 3.05) is 45.3 Å². The average Bonchev–Trinajstić information content (AvgIpc) is 2.69. The van der Waals surface area contributed by atoms with Gasteiger partial charge in [0.15, 0.2) is 0 Å². The van der Waals surface area contributed by atoms with Gasteiger partial charge in [0.05, 0.1) is 20.4 Å². The first kappa shape index (κ1) is 17.9. The van der Waals surface area contributed by atoms with Gasteiger partial charge in [0.1, 0.15) is 23.4 Å². The first-order valence-electron chi connectivity index (χ1n) is 8.33. The minimum atomic E-state index is -0.912. The second-order valence-electron chi connectivity index (χ2n) is 5.94. The number of carbonyl (C=O) groups is 1. The van der Waals surface area contributed by atoms with E-state index in [1.165, 1.54) is 7.11 Å². The van der Waals surface area contributed by atoms with Crippen LogP contribution in [0.3, 0.4) is 0 Å². The van der Waals surface area contributed by atoms with Crippen molar-refractivity contribution in [2.45, 2.75) is 6.04 Å². The smallest absolute Gasteiger partial charge is 0.325 e. The van der Waals surface area contributed by atoms with Gasteiger partial charge in [-0.3, -0.25) is 14.7 Å². The minimum absolute atomic E-state index is 0.537. The monoisotopic (exact) mass is 358 g/mol. The fraction of sp³-hybridized carbons (Fsp3) is 0.389. The van der Waals surface area contributed by atoms with E-state index in [-0.39, 0.29) is 0 Å². The van der Waals surface area contributed by atoms with Crippen LogP contribution in [0, 0.1) is 0 Å². The molecule has 0 aliphatic carbocycles. The molecule has 1 atom stereocenters. The van der Waals surface area contributed by atoms with E-state index in [2.05, 4.69) is 14.9 Å². The van der Waals surface area contributed by atoms with Crippen LogP contribution in [0.15, 0.2) is 36.8 Å².